The summed E-state index contributed by atoms with van der Waals surface area (Å²) in [5.74, 6) is 1.72. The largest absolute Gasteiger partial charge is 0.355 e. The molecule has 0 aliphatic heterocycles. The van der Waals surface area contributed by atoms with Crippen LogP contribution < -0.4 is 10.6 Å². The SMILES string of the molecule is CC(C)CCNC(=O)C(C)NCCC1CC1. The molecule has 0 spiro atoms. The number of rotatable bonds is 8. The highest BCUT2D eigenvalue weighted by Crippen LogP contribution is 2.31. The van der Waals surface area contributed by atoms with Gasteiger partial charge >= 0.3 is 0 Å². The summed E-state index contributed by atoms with van der Waals surface area (Å²) < 4.78 is 0. The van der Waals surface area contributed by atoms with Crippen molar-refractivity contribution in [3.8, 4) is 0 Å². The lowest BCUT2D eigenvalue weighted by molar-refractivity contribution is -0.122. The molecule has 1 amide bonds. The van der Waals surface area contributed by atoms with Crippen LogP contribution in [0.3, 0.4) is 0 Å². The van der Waals surface area contributed by atoms with Gasteiger partial charge in [-0.2, -0.15) is 0 Å². The first-order valence-electron chi connectivity index (χ1n) is 6.60. The van der Waals surface area contributed by atoms with Crippen molar-refractivity contribution in [3.63, 3.8) is 0 Å². The molecule has 16 heavy (non-hydrogen) atoms. The van der Waals surface area contributed by atoms with Crippen molar-refractivity contribution < 1.29 is 4.79 Å². The molecule has 1 unspecified atom stereocenters. The van der Waals surface area contributed by atoms with Gasteiger partial charge in [-0.15, -0.1) is 0 Å². The van der Waals surface area contributed by atoms with E-state index in [2.05, 4.69) is 24.5 Å². The van der Waals surface area contributed by atoms with E-state index in [-0.39, 0.29) is 11.9 Å². The van der Waals surface area contributed by atoms with E-state index in [0.29, 0.717) is 5.92 Å². The molecule has 1 aliphatic rings. The molecule has 0 heterocycles. The average molecular weight is 226 g/mol. The number of hydrogen-bond acceptors (Lipinski definition) is 2. The van der Waals surface area contributed by atoms with Crippen molar-refractivity contribution in [2.24, 2.45) is 11.8 Å². The number of hydrogen-bond donors (Lipinski definition) is 2. The Bertz CT molecular complexity index is 212. The second kappa shape index (κ2) is 6.89. The van der Waals surface area contributed by atoms with Crippen LogP contribution in [0.25, 0.3) is 0 Å². The average Bonchev–Trinajstić information content (AvgIpc) is 3.00. The summed E-state index contributed by atoms with van der Waals surface area (Å²) in [6.07, 6.45) is 5.05. The van der Waals surface area contributed by atoms with Crippen molar-refractivity contribution in [1.82, 2.24) is 10.6 Å². The van der Waals surface area contributed by atoms with Crippen LogP contribution in [0.2, 0.25) is 0 Å². The van der Waals surface area contributed by atoms with E-state index in [1.165, 1.54) is 19.3 Å². The van der Waals surface area contributed by atoms with Crippen LogP contribution in [-0.2, 0) is 4.79 Å². The van der Waals surface area contributed by atoms with E-state index in [0.717, 1.165) is 25.4 Å². The van der Waals surface area contributed by atoms with Crippen LogP contribution in [0.1, 0.15) is 46.5 Å². The molecule has 0 saturated heterocycles. The molecule has 1 rings (SSSR count). The Balaban J connectivity index is 1.99. The van der Waals surface area contributed by atoms with Gasteiger partial charge in [-0.1, -0.05) is 26.7 Å². The Kier molecular flexibility index (Phi) is 5.81. The van der Waals surface area contributed by atoms with Gasteiger partial charge in [-0.05, 0) is 38.1 Å². The predicted molar refractivity (Wildman–Crippen MR) is 67.3 cm³/mol. The monoisotopic (exact) mass is 226 g/mol. The first kappa shape index (κ1) is 13.5. The minimum absolute atomic E-state index is 0.0501. The molecule has 3 nitrogen and oxygen atoms in total. The Hall–Kier alpha value is -0.570. The highest BCUT2D eigenvalue weighted by Gasteiger charge is 2.21. The second-order valence-corrected chi connectivity index (χ2v) is 5.38. The molecule has 1 saturated carbocycles. The molecule has 3 heteroatoms. The standard InChI is InChI=1S/C13H26N2O/c1-10(2)6-8-15-13(16)11(3)14-9-7-12-4-5-12/h10-12,14H,4-9H2,1-3H3,(H,15,16). The van der Waals surface area contributed by atoms with Crippen LogP contribution in [0, 0.1) is 11.8 Å². The maximum absolute atomic E-state index is 11.6. The summed E-state index contributed by atoms with van der Waals surface area (Å²) >= 11 is 0. The van der Waals surface area contributed by atoms with Gasteiger partial charge in [0.05, 0.1) is 6.04 Å². The summed E-state index contributed by atoms with van der Waals surface area (Å²) in [5.41, 5.74) is 0. The Labute approximate surface area is 99.4 Å². The molecule has 0 radical (unpaired) electrons. The van der Waals surface area contributed by atoms with Gasteiger partial charge in [0, 0.05) is 6.54 Å². The minimum Gasteiger partial charge on any atom is -0.355 e. The first-order chi connectivity index (χ1) is 7.59. The molecule has 0 bridgehead atoms. The van der Waals surface area contributed by atoms with Gasteiger partial charge in [0.25, 0.3) is 0 Å². The number of carbonyl (C=O) groups excluding carboxylic acids is 1. The lowest BCUT2D eigenvalue weighted by Gasteiger charge is -2.14. The maximum atomic E-state index is 11.6. The third kappa shape index (κ3) is 6.11. The van der Waals surface area contributed by atoms with Gasteiger partial charge in [0.1, 0.15) is 0 Å². The topological polar surface area (TPSA) is 41.1 Å². The summed E-state index contributed by atoms with van der Waals surface area (Å²) in [5, 5.41) is 6.25. The van der Waals surface area contributed by atoms with Gasteiger partial charge in [-0.25, -0.2) is 0 Å². The molecule has 0 aromatic heterocycles. The van der Waals surface area contributed by atoms with Crippen LogP contribution in [-0.4, -0.2) is 25.0 Å². The Morgan fingerprint density at radius 2 is 1.94 bits per heavy atom. The van der Waals surface area contributed by atoms with E-state index in [1.807, 2.05) is 6.92 Å². The quantitative estimate of drug-likeness (QED) is 0.664. The normalized spacial score (nSPS) is 17.5. The molecular weight excluding hydrogens is 200 g/mol. The van der Waals surface area contributed by atoms with Crippen LogP contribution in [0.15, 0.2) is 0 Å². The van der Waals surface area contributed by atoms with Crippen LogP contribution in [0.5, 0.6) is 0 Å². The van der Waals surface area contributed by atoms with E-state index >= 15 is 0 Å². The van der Waals surface area contributed by atoms with E-state index < -0.39 is 0 Å². The summed E-state index contributed by atoms with van der Waals surface area (Å²) in [7, 11) is 0. The zero-order chi connectivity index (χ0) is 12.0. The van der Waals surface area contributed by atoms with Crippen molar-refractivity contribution >= 4 is 5.91 Å². The molecule has 1 atom stereocenters. The van der Waals surface area contributed by atoms with Crippen LogP contribution in [0.4, 0.5) is 0 Å². The fourth-order valence-electron chi connectivity index (χ4n) is 1.64. The predicted octanol–water partition coefficient (Wildman–Crippen LogP) is 1.93. The summed E-state index contributed by atoms with van der Waals surface area (Å²) in [6.45, 7) is 8.05. The highest BCUT2D eigenvalue weighted by molar-refractivity contribution is 5.81. The molecule has 1 aliphatic carbocycles. The fourth-order valence-corrected chi connectivity index (χ4v) is 1.64. The Morgan fingerprint density at radius 3 is 2.50 bits per heavy atom. The van der Waals surface area contributed by atoms with Crippen molar-refractivity contribution in [1.29, 1.82) is 0 Å². The van der Waals surface area contributed by atoms with E-state index in [4.69, 9.17) is 0 Å². The first-order valence-corrected chi connectivity index (χ1v) is 6.60. The van der Waals surface area contributed by atoms with Crippen LogP contribution >= 0.6 is 0 Å². The minimum atomic E-state index is -0.0501. The van der Waals surface area contributed by atoms with Gasteiger partial charge in [0.15, 0.2) is 0 Å². The summed E-state index contributed by atoms with van der Waals surface area (Å²) in [6, 6.07) is -0.0501. The van der Waals surface area contributed by atoms with Gasteiger partial charge < -0.3 is 10.6 Å². The number of carbonyl (C=O) groups is 1. The lowest BCUT2D eigenvalue weighted by atomic mass is 10.1. The van der Waals surface area contributed by atoms with E-state index in [9.17, 15) is 4.79 Å². The zero-order valence-corrected chi connectivity index (χ0v) is 10.9. The Morgan fingerprint density at radius 1 is 1.25 bits per heavy atom. The van der Waals surface area contributed by atoms with Gasteiger partial charge in [-0.3, -0.25) is 4.79 Å². The molecule has 2 N–H and O–H groups in total. The zero-order valence-electron chi connectivity index (χ0n) is 10.9. The molecule has 94 valence electrons. The molecule has 1 fully saturated rings. The summed E-state index contributed by atoms with van der Waals surface area (Å²) in [4.78, 5) is 11.6. The molecule has 0 aromatic carbocycles. The second-order valence-electron chi connectivity index (χ2n) is 5.38. The van der Waals surface area contributed by atoms with Crippen molar-refractivity contribution in [3.05, 3.63) is 0 Å². The third-order valence-corrected chi connectivity index (χ3v) is 3.11. The number of amides is 1. The number of nitrogens with one attached hydrogen (secondary N) is 2. The molecule has 0 aromatic rings. The highest BCUT2D eigenvalue weighted by atomic mass is 16.2. The fraction of sp³-hybridized carbons (Fsp3) is 0.923. The van der Waals surface area contributed by atoms with Crippen molar-refractivity contribution in [2.75, 3.05) is 13.1 Å². The lowest BCUT2D eigenvalue weighted by Crippen LogP contribution is -2.43. The van der Waals surface area contributed by atoms with Crippen molar-refractivity contribution in [2.45, 2.75) is 52.5 Å². The van der Waals surface area contributed by atoms with E-state index in [1.54, 1.807) is 0 Å². The maximum Gasteiger partial charge on any atom is 0.236 e. The smallest absolute Gasteiger partial charge is 0.236 e. The van der Waals surface area contributed by atoms with Gasteiger partial charge in [0.2, 0.25) is 5.91 Å². The third-order valence-electron chi connectivity index (χ3n) is 3.11. The molecular formula is C13H26N2O.